The number of anilines is 1. The highest BCUT2D eigenvalue weighted by molar-refractivity contribution is 6.30. The molecule has 3 aromatic carbocycles. The van der Waals surface area contributed by atoms with Gasteiger partial charge in [-0.05, 0) is 68.1 Å². The van der Waals surface area contributed by atoms with E-state index in [4.69, 9.17) is 25.8 Å². The summed E-state index contributed by atoms with van der Waals surface area (Å²) in [5.74, 6) is -0.514. The molecule has 0 bridgehead atoms. The molecule has 0 saturated carbocycles. The highest BCUT2D eigenvalue weighted by Crippen LogP contribution is 2.45. The third kappa shape index (κ3) is 9.45. The first-order valence-corrected chi connectivity index (χ1v) is 15.8. The van der Waals surface area contributed by atoms with E-state index in [0.29, 0.717) is 46.5 Å². The Bertz CT molecular complexity index is 1440. The van der Waals surface area contributed by atoms with Crippen molar-refractivity contribution < 1.29 is 28.9 Å². The summed E-state index contributed by atoms with van der Waals surface area (Å²) < 4.78 is 18.5. The zero-order chi connectivity index (χ0) is 32.6. The fourth-order valence-corrected chi connectivity index (χ4v) is 5.82. The number of carboxylic acid groups (broad SMARTS) is 1. The number of carbonyl (C=O) groups excluding carboxylic acids is 1. The van der Waals surface area contributed by atoms with Gasteiger partial charge in [0.05, 0.1) is 20.1 Å². The van der Waals surface area contributed by atoms with Gasteiger partial charge in [-0.2, -0.15) is 0 Å². The number of rotatable bonds is 14. The zero-order valence-electron chi connectivity index (χ0n) is 26.9. The molecule has 4 rings (SSSR count). The maximum absolute atomic E-state index is 13.8. The Morgan fingerprint density at radius 1 is 1.02 bits per heavy atom. The van der Waals surface area contributed by atoms with Gasteiger partial charge in [0.1, 0.15) is 12.2 Å². The maximum atomic E-state index is 13.8. The highest BCUT2D eigenvalue weighted by Gasteiger charge is 2.40. The van der Waals surface area contributed by atoms with Gasteiger partial charge in [-0.3, -0.25) is 9.59 Å². The molecule has 0 saturated heterocycles. The number of nitrogens with zero attached hydrogens (tertiary/aromatic N) is 2. The highest BCUT2D eigenvalue weighted by atomic mass is 35.5. The lowest BCUT2D eigenvalue weighted by atomic mass is 9.94. The van der Waals surface area contributed by atoms with E-state index in [0.717, 1.165) is 32.4 Å². The fourth-order valence-electron chi connectivity index (χ4n) is 5.64. The molecule has 8 nitrogen and oxygen atoms in total. The Morgan fingerprint density at radius 2 is 1.76 bits per heavy atom. The normalized spacial score (nSPS) is 16.8. The van der Waals surface area contributed by atoms with Crippen molar-refractivity contribution >= 4 is 29.2 Å². The van der Waals surface area contributed by atoms with E-state index in [1.54, 1.807) is 30.2 Å². The number of carbonyl (C=O) groups is 2. The molecule has 0 fully saturated rings. The summed E-state index contributed by atoms with van der Waals surface area (Å²) in [5, 5.41) is 10.2. The Balaban J connectivity index is 1.54. The minimum atomic E-state index is -1.22. The van der Waals surface area contributed by atoms with Crippen molar-refractivity contribution in [1.82, 2.24) is 4.90 Å². The second kappa shape index (κ2) is 15.6. The van der Waals surface area contributed by atoms with Crippen LogP contribution < -0.4 is 14.4 Å². The summed E-state index contributed by atoms with van der Waals surface area (Å²) in [6.07, 6.45) is 0.442. The molecule has 1 N–H and O–H groups in total. The fraction of sp³-hybridized carbons (Fsp3) is 0.444. The summed E-state index contributed by atoms with van der Waals surface area (Å²) >= 11 is 6.49. The molecule has 0 radical (unpaired) electrons. The van der Waals surface area contributed by atoms with Crippen LogP contribution >= 0.6 is 11.6 Å². The molecular formula is C36H45ClN2O6. The van der Waals surface area contributed by atoms with Crippen LogP contribution in [0.1, 0.15) is 62.8 Å². The third-order valence-corrected chi connectivity index (χ3v) is 7.92. The van der Waals surface area contributed by atoms with Crippen LogP contribution in [0.25, 0.3) is 0 Å². The summed E-state index contributed by atoms with van der Waals surface area (Å²) in [6.45, 7) is 8.81. The van der Waals surface area contributed by atoms with Crippen molar-refractivity contribution in [2.75, 3.05) is 45.3 Å². The molecule has 1 heterocycles. The predicted molar refractivity (Wildman–Crippen MR) is 178 cm³/mol. The minimum absolute atomic E-state index is 0.262. The number of ether oxygens (including phenoxy) is 3. The van der Waals surface area contributed by atoms with Crippen LogP contribution in [0.3, 0.4) is 0 Å². The van der Waals surface area contributed by atoms with Crippen LogP contribution in [0.4, 0.5) is 5.69 Å². The number of hydrogen-bond donors (Lipinski definition) is 1. The number of carboxylic acids is 1. The number of methoxy groups -OCH3 is 1. The Hall–Kier alpha value is -3.59. The predicted octanol–water partition coefficient (Wildman–Crippen LogP) is 7.02. The van der Waals surface area contributed by atoms with Gasteiger partial charge in [0.25, 0.3) is 5.91 Å². The van der Waals surface area contributed by atoms with Crippen LogP contribution in [-0.4, -0.2) is 68.4 Å². The maximum Gasteiger partial charge on any atom is 0.306 e. The summed E-state index contributed by atoms with van der Waals surface area (Å²) in [7, 11) is 3.68. The number of aryl methyl sites for hydroxylation is 1. The first kappa shape index (κ1) is 34.3. The van der Waals surface area contributed by atoms with Gasteiger partial charge in [0.2, 0.25) is 0 Å². The molecule has 3 aromatic rings. The summed E-state index contributed by atoms with van der Waals surface area (Å²) in [5.41, 5.74) is 2.99. The van der Waals surface area contributed by atoms with Crippen molar-refractivity contribution in [3.05, 3.63) is 88.4 Å². The van der Waals surface area contributed by atoms with E-state index in [2.05, 4.69) is 36.2 Å². The van der Waals surface area contributed by atoms with Crippen LogP contribution in [0.15, 0.2) is 66.7 Å². The second-order valence-corrected chi connectivity index (χ2v) is 13.2. The van der Waals surface area contributed by atoms with Crippen LogP contribution in [0.2, 0.25) is 5.02 Å². The Kier molecular flexibility index (Phi) is 11.9. The van der Waals surface area contributed by atoms with E-state index in [-0.39, 0.29) is 5.41 Å². The Morgan fingerprint density at radius 3 is 2.44 bits per heavy atom. The smallest absolute Gasteiger partial charge is 0.306 e. The molecule has 1 amide bonds. The molecule has 0 spiro atoms. The van der Waals surface area contributed by atoms with Gasteiger partial charge < -0.3 is 29.1 Å². The van der Waals surface area contributed by atoms with E-state index >= 15 is 0 Å². The average Bonchev–Trinajstić information content (AvgIpc) is 3.09. The summed E-state index contributed by atoms with van der Waals surface area (Å²) in [4.78, 5) is 29.6. The molecule has 1 aliphatic heterocycles. The van der Waals surface area contributed by atoms with Crippen LogP contribution in [-0.2, 0) is 20.7 Å². The number of para-hydroxylation sites is 1. The third-order valence-electron chi connectivity index (χ3n) is 7.68. The lowest BCUT2D eigenvalue weighted by molar-refractivity contribution is -0.147. The number of amides is 1. The lowest BCUT2D eigenvalue weighted by Gasteiger charge is -2.31. The van der Waals surface area contributed by atoms with Gasteiger partial charge in [-0.1, -0.05) is 74.8 Å². The van der Waals surface area contributed by atoms with Crippen molar-refractivity contribution in [2.24, 2.45) is 5.41 Å². The second-order valence-electron chi connectivity index (χ2n) is 12.8. The van der Waals surface area contributed by atoms with Gasteiger partial charge in [-0.15, -0.1) is 0 Å². The molecule has 242 valence electrons. The number of halogens is 1. The van der Waals surface area contributed by atoms with E-state index in [1.165, 1.54) is 5.56 Å². The quantitative estimate of drug-likeness (QED) is 0.190. The molecule has 9 heteroatoms. The molecule has 2 atom stereocenters. The van der Waals surface area contributed by atoms with E-state index in [1.807, 2.05) is 45.0 Å². The zero-order valence-corrected chi connectivity index (χ0v) is 27.7. The molecule has 1 aliphatic rings. The molecular weight excluding hydrogens is 592 g/mol. The first-order chi connectivity index (χ1) is 21.5. The SMILES string of the molecule is COc1c(OCCCN(C)CCCc2ccccc2)cccc1[C@H]1O[C@H](CC(=O)O)C(=O)N(CC(C)(C)C)c2ccc(Cl)cc21. The lowest BCUT2D eigenvalue weighted by Crippen LogP contribution is -2.44. The van der Waals surface area contributed by atoms with Gasteiger partial charge in [0, 0.05) is 34.9 Å². The molecule has 0 aromatic heterocycles. The number of fused-ring (bicyclic) bond motifs is 1. The van der Waals surface area contributed by atoms with Crippen LogP contribution in [0.5, 0.6) is 11.5 Å². The topological polar surface area (TPSA) is 88.5 Å². The molecule has 0 aliphatic carbocycles. The number of hydrogen-bond acceptors (Lipinski definition) is 6. The van der Waals surface area contributed by atoms with Crippen LogP contribution in [0, 0.1) is 5.41 Å². The largest absolute Gasteiger partial charge is 0.492 e. The molecule has 0 unspecified atom stereocenters. The van der Waals surface area contributed by atoms with Gasteiger partial charge >= 0.3 is 5.97 Å². The molecule has 45 heavy (non-hydrogen) atoms. The van der Waals surface area contributed by atoms with Crippen molar-refractivity contribution in [3.63, 3.8) is 0 Å². The monoisotopic (exact) mass is 636 g/mol. The summed E-state index contributed by atoms with van der Waals surface area (Å²) in [6, 6.07) is 21.3. The number of aliphatic carboxylic acids is 1. The Labute approximate surface area is 271 Å². The van der Waals surface area contributed by atoms with Gasteiger partial charge in [0.15, 0.2) is 11.5 Å². The van der Waals surface area contributed by atoms with Crippen molar-refractivity contribution in [1.29, 1.82) is 0 Å². The standard InChI is InChI=1S/C36H45ClN2O6/c1-36(2,3)24-39-29-18-17-26(37)22-28(29)33(45-31(35(39)42)23-32(40)41)27-15-9-16-30(34(27)43-5)44-21-11-20-38(4)19-10-14-25-12-7-6-8-13-25/h6-9,12-13,15-18,22,31,33H,10-11,14,19-21,23-24H2,1-5H3,(H,40,41)/t31-,33-/m1/s1. The average molecular weight is 637 g/mol. The van der Waals surface area contributed by atoms with Gasteiger partial charge in [-0.25, -0.2) is 0 Å². The van der Waals surface area contributed by atoms with E-state index in [9.17, 15) is 14.7 Å². The van der Waals surface area contributed by atoms with Crippen molar-refractivity contribution in [3.8, 4) is 11.5 Å². The number of benzene rings is 3. The van der Waals surface area contributed by atoms with E-state index < -0.39 is 30.5 Å². The minimum Gasteiger partial charge on any atom is -0.492 e. The van der Waals surface area contributed by atoms with Crippen molar-refractivity contribution in [2.45, 2.75) is 58.7 Å². The first-order valence-electron chi connectivity index (χ1n) is 15.5.